The molecule has 0 saturated carbocycles. The number of nitrogens with zero attached hydrogens (tertiary/aromatic N) is 2. The van der Waals surface area contributed by atoms with Crippen molar-refractivity contribution in [2.75, 3.05) is 11.1 Å². The first-order valence-corrected chi connectivity index (χ1v) is 9.54. The fourth-order valence-electron chi connectivity index (χ4n) is 2.33. The lowest BCUT2D eigenvalue weighted by molar-refractivity contribution is -0.113. The van der Waals surface area contributed by atoms with E-state index in [0.717, 1.165) is 15.0 Å². The van der Waals surface area contributed by atoms with Gasteiger partial charge in [-0.15, -0.1) is 10.2 Å². The van der Waals surface area contributed by atoms with Crippen molar-refractivity contribution in [1.82, 2.24) is 10.2 Å². The second-order valence-electron chi connectivity index (χ2n) is 6.04. The summed E-state index contributed by atoms with van der Waals surface area (Å²) in [7, 11) is 0. The predicted molar refractivity (Wildman–Crippen MR) is 98.6 cm³/mol. The molecule has 0 radical (unpaired) electrons. The normalized spacial score (nSPS) is 11.3. The van der Waals surface area contributed by atoms with Gasteiger partial charge in [0.05, 0.1) is 5.75 Å². The van der Waals surface area contributed by atoms with Gasteiger partial charge in [-0.2, -0.15) is 0 Å². The van der Waals surface area contributed by atoms with E-state index in [1.807, 2.05) is 6.92 Å². The molecule has 124 valence electrons. The largest absolute Gasteiger partial charge is 0.325 e. The Morgan fingerprint density at radius 1 is 1.17 bits per heavy atom. The first-order chi connectivity index (χ1) is 10.9. The number of carbonyl (C=O) groups is 1. The number of aryl methyl sites for hydroxylation is 1. The van der Waals surface area contributed by atoms with Crippen LogP contribution in [0, 0.1) is 6.92 Å². The van der Waals surface area contributed by atoms with Crippen molar-refractivity contribution < 1.29 is 4.79 Å². The molecule has 6 heteroatoms. The van der Waals surface area contributed by atoms with Crippen LogP contribution >= 0.6 is 23.1 Å². The van der Waals surface area contributed by atoms with E-state index in [2.05, 4.69) is 61.4 Å². The zero-order chi connectivity index (χ0) is 17.0. The Kier molecular flexibility index (Phi) is 6.18. The predicted octanol–water partition coefficient (Wildman–Crippen LogP) is 4.82. The fourth-order valence-corrected chi connectivity index (χ4v) is 3.95. The molecule has 1 heterocycles. The van der Waals surface area contributed by atoms with Crippen molar-refractivity contribution >= 4 is 34.7 Å². The van der Waals surface area contributed by atoms with Crippen LogP contribution in [0.2, 0.25) is 0 Å². The molecule has 1 aromatic carbocycles. The van der Waals surface area contributed by atoms with Crippen LogP contribution < -0.4 is 5.32 Å². The molecule has 0 saturated heterocycles. The van der Waals surface area contributed by atoms with E-state index >= 15 is 0 Å². The van der Waals surface area contributed by atoms with Crippen LogP contribution in [-0.2, 0) is 4.79 Å². The average molecular weight is 350 g/mol. The fraction of sp³-hybridized carbons (Fsp3) is 0.471. The number of hydrogen-bond donors (Lipinski definition) is 1. The van der Waals surface area contributed by atoms with Gasteiger partial charge in [-0.05, 0) is 29.9 Å². The average Bonchev–Trinajstić information content (AvgIpc) is 2.90. The van der Waals surface area contributed by atoms with Crippen molar-refractivity contribution in [3.63, 3.8) is 0 Å². The molecule has 0 bridgehead atoms. The summed E-state index contributed by atoms with van der Waals surface area (Å²) in [6.45, 7) is 10.5. The molecular weight excluding hydrogens is 326 g/mol. The number of anilines is 1. The molecular formula is C17H23N3OS2. The summed E-state index contributed by atoms with van der Waals surface area (Å²) in [5.74, 6) is 1.07. The van der Waals surface area contributed by atoms with Crippen LogP contribution in [0.15, 0.2) is 22.5 Å². The first kappa shape index (κ1) is 17.9. The van der Waals surface area contributed by atoms with Crippen LogP contribution in [-0.4, -0.2) is 21.9 Å². The minimum atomic E-state index is -0.00199. The summed E-state index contributed by atoms with van der Waals surface area (Å²) in [5.41, 5.74) is 3.33. The van der Waals surface area contributed by atoms with Gasteiger partial charge < -0.3 is 5.32 Å². The smallest absolute Gasteiger partial charge is 0.234 e. The van der Waals surface area contributed by atoms with Crippen LogP contribution in [0.4, 0.5) is 5.69 Å². The number of nitrogens with one attached hydrogen (secondary N) is 1. The van der Waals surface area contributed by atoms with Crippen molar-refractivity contribution in [2.24, 2.45) is 0 Å². The van der Waals surface area contributed by atoms with Gasteiger partial charge in [0.1, 0.15) is 5.01 Å². The molecule has 23 heavy (non-hydrogen) atoms. The summed E-state index contributed by atoms with van der Waals surface area (Å²) in [4.78, 5) is 12.4. The zero-order valence-corrected chi connectivity index (χ0v) is 15.8. The quantitative estimate of drug-likeness (QED) is 0.759. The van der Waals surface area contributed by atoms with Gasteiger partial charge in [0.25, 0.3) is 0 Å². The highest BCUT2D eigenvalue weighted by Crippen LogP contribution is 2.32. The van der Waals surface area contributed by atoms with Crippen LogP contribution in [0.3, 0.4) is 0 Å². The van der Waals surface area contributed by atoms with Crippen molar-refractivity contribution in [2.45, 2.75) is 50.8 Å². The van der Waals surface area contributed by atoms with Gasteiger partial charge in [0.2, 0.25) is 5.91 Å². The third-order valence-electron chi connectivity index (χ3n) is 3.47. The molecule has 0 spiro atoms. The summed E-state index contributed by atoms with van der Waals surface area (Å²) in [5, 5.41) is 12.0. The Balaban J connectivity index is 2.12. The number of rotatable bonds is 6. The van der Waals surface area contributed by atoms with E-state index in [1.54, 1.807) is 0 Å². The molecule has 2 aromatic rings. The van der Waals surface area contributed by atoms with Gasteiger partial charge in [-0.3, -0.25) is 4.79 Å². The molecule has 0 unspecified atom stereocenters. The lowest BCUT2D eigenvalue weighted by Crippen LogP contribution is -2.17. The number of para-hydroxylation sites is 1. The molecule has 1 aromatic heterocycles. The monoisotopic (exact) mass is 349 g/mol. The third kappa shape index (κ3) is 4.78. The van der Waals surface area contributed by atoms with Gasteiger partial charge in [-0.25, -0.2) is 0 Å². The topological polar surface area (TPSA) is 54.9 Å². The van der Waals surface area contributed by atoms with Gasteiger partial charge in [0, 0.05) is 5.69 Å². The maximum Gasteiger partial charge on any atom is 0.234 e. The van der Waals surface area contributed by atoms with Crippen LogP contribution in [0.5, 0.6) is 0 Å². The maximum atomic E-state index is 12.4. The molecule has 2 rings (SSSR count). The molecule has 1 N–H and O–H groups in total. The number of benzene rings is 1. The lowest BCUT2D eigenvalue weighted by atomic mass is 9.92. The minimum Gasteiger partial charge on any atom is -0.325 e. The zero-order valence-electron chi connectivity index (χ0n) is 14.2. The lowest BCUT2D eigenvalue weighted by Gasteiger charge is -2.20. The van der Waals surface area contributed by atoms with Gasteiger partial charge >= 0.3 is 0 Å². The molecule has 0 atom stereocenters. The standard InChI is InChI=1S/C17H23N3OS2/c1-10(2)13-7-6-8-14(11(3)4)16(13)18-15(21)9-22-17-20-19-12(5)23-17/h6-8,10-11H,9H2,1-5H3,(H,18,21). The molecule has 4 nitrogen and oxygen atoms in total. The number of amides is 1. The summed E-state index contributed by atoms with van der Waals surface area (Å²) in [6.07, 6.45) is 0. The van der Waals surface area contributed by atoms with Gasteiger partial charge in [0.15, 0.2) is 4.34 Å². The number of thioether (sulfide) groups is 1. The SMILES string of the molecule is Cc1nnc(SCC(=O)Nc2c(C(C)C)cccc2C(C)C)s1. The Morgan fingerprint density at radius 3 is 2.26 bits per heavy atom. The first-order valence-electron chi connectivity index (χ1n) is 7.74. The van der Waals surface area contributed by atoms with Crippen molar-refractivity contribution in [1.29, 1.82) is 0 Å². The van der Waals surface area contributed by atoms with Gasteiger partial charge in [-0.1, -0.05) is 69.0 Å². The second-order valence-corrected chi connectivity index (χ2v) is 8.45. The van der Waals surface area contributed by atoms with E-state index in [9.17, 15) is 4.79 Å². The molecule has 0 aliphatic rings. The minimum absolute atomic E-state index is 0.00199. The van der Waals surface area contributed by atoms with Crippen molar-refractivity contribution in [3.05, 3.63) is 34.3 Å². The third-order valence-corrected chi connectivity index (χ3v) is 5.44. The Bertz CT molecular complexity index is 654. The summed E-state index contributed by atoms with van der Waals surface area (Å²) in [6, 6.07) is 6.25. The summed E-state index contributed by atoms with van der Waals surface area (Å²) < 4.78 is 0.832. The second kappa shape index (κ2) is 7.93. The van der Waals surface area contributed by atoms with Crippen LogP contribution in [0.1, 0.15) is 55.7 Å². The Hall–Kier alpha value is -1.40. The van der Waals surface area contributed by atoms with Crippen LogP contribution in [0.25, 0.3) is 0 Å². The van der Waals surface area contributed by atoms with E-state index in [4.69, 9.17) is 0 Å². The molecule has 1 amide bonds. The number of hydrogen-bond acceptors (Lipinski definition) is 5. The van der Waals surface area contributed by atoms with E-state index < -0.39 is 0 Å². The molecule has 0 aliphatic carbocycles. The van der Waals surface area contributed by atoms with E-state index in [0.29, 0.717) is 17.6 Å². The molecule has 0 fully saturated rings. The highest BCUT2D eigenvalue weighted by atomic mass is 32.2. The highest BCUT2D eigenvalue weighted by molar-refractivity contribution is 8.01. The highest BCUT2D eigenvalue weighted by Gasteiger charge is 2.16. The number of aromatic nitrogens is 2. The maximum absolute atomic E-state index is 12.4. The molecule has 0 aliphatic heterocycles. The Labute approximate surface area is 146 Å². The van der Waals surface area contributed by atoms with Crippen molar-refractivity contribution in [3.8, 4) is 0 Å². The van der Waals surface area contributed by atoms with E-state index in [1.165, 1.54) is 34.2 Å². The Morgan fingerprint density at radius 2 is 1.78 bits per heavy atom. The summed E-state index contributed by atoms with van der Waals surface area (Å²) >= 11 is 2.94. The number of carbonyl (C=O) groups excluding carboxylic acids is 1. The van der Waals surface area contributed by atoms with E-state index in [-0.39, 0.29) is 5.91 Å².